The Hall–Kier alpha value is -3.35. The van der Waals surface area contributed by atoms with Crippen molar-refractivity contribution in [2.24, 2.45) is 0 Å². The zero-order chi connectivity index (χ0) is 18.3. The van der Waals surface area contributed by atoms with Gasteiger partial charge < -0.3 is 14.7 Å². The number of fused-ring (bicyclic) bond motifs is 2. The van der Waals surface area contributed by atoms with Crippen LogP contribution in [0.25, 0.3) is 10.8 Å². The van der Waals surface area contributed by atoms with Crippen molar-refractivity contribution in [2.45, 2.75) is 13.2 Å². The molecule has 1 aliphatic rings. The smallest absolute Gasteiger partial charge is 0.285 e. The van der Waals surface area contributed by atoms with Crippen LogP contribution in [0.2, 0.25) is 0 Å². The van der Waals surface area contributed by atoms with E-state index in [2.05, 4.69) is 5.10 Å². The summed E-state index contributed by atoms with van der Waals surface area (Å²) in [4.78, 5) is 25.9. The van der Waals surface area contributed by atoms with Crippen LogP contribution < -0.4 is 10.2 Å². The van der Waals surface area contributed by atoms with Crippen molar-refractivity contribution in [3.05, 3.63) is 63.9 Å². The highest BCUT2D eigenvalue weighted by atomic mass is 16.5. The lowest BCUT2D eigenvalue weighted by molar-refractivity contribution is 0.0730. The molecule has 7 heteroatoms. The predicted molar refractivity (Wildman–Crippen MR) is 95.4 cm³/mol. The molecule has 26 heavy (non-hydrogen) atoms. The summed E-state index contributed by atoms with van der Waals surface area (Å²) in [5.41, 5.74) is 0.00501. The number of amides is 1. The summed E-state index contributed by atoms with van der Waals surface area (Å²) >= 11 is 0. The van der Waals surface area contributed by atoms with Crippen LogP contribution in [-0.2, 0) is 13.2 Å². The molecule has 0 atom stereocenters. The Morgan fingerprint density at radius 3 is 2.69 bits per heavy atom. The molecule has 3 aromatic rings. The van der Waals surface area contributed by atoms with Gasteiger partial charge in [0.05, 0.1) is 6.54 Å². The van der Waals surface area contributed by atoms with E-state index in [-0.39, 0.29) is 18.2 Å². The van der Waals surface area contributed by atoms with Crippen LogP contribution in [0.5, 0.6) is 11.6 Å². The number of carbonyl (C=O) groups is 1. The molecule has 0 unspecified atom stereocenters. The maximum atomic E-state index is 12.3. The molecule has 0 bridgehead atoms. The van der Waals surface area contributed by atoms with Gasteiger partial charge >= 0.3 is 0 Å². The topological polar surface area (TPSA) is 84.7 Å². The van der Waals surface area contributed by atoms with Crippen LogP contribution in [-0.4, -0.2) is 39.3 Å². The summed E-state index contributed by atoms with van der Waals surface area (Å²) in [6.45, 7) is 0.975. The fourth-order valence-electron chi connectivity index (χ4n) is 3.01. The van der Waals surface area contributed by atoms with Gasteiger partial charge in [0, 0.05) is 13.6 Å². The van der Waals surface area contributed by atoms with Gasteiger partial charge in [-0.2, -0.15) is 0 Å². The molecule has 2 heterocycles. The van der Waals surface area contributed by atoms with Gasteiger partial charge in [-0.05, 0) is 22.4 Å². The van der Waals surface area contributed by atoms with Gasteiger partial charge in [0.25, 0.3) is 17.2 Å². The van der Waals surface area contributed by atoms with Gasteiger partial charge in [-0.15, -0.1) is 5.10 Å². The fraction of sp³-hybridized carbons (Fsp3) is 0.211. The number of carbonyl (C=O) groups excluding carboxylic acids is 1. The Balaban J connectivity index is 1.63. The van der Waals surface area contributed by atoms with Gasteiger partial charge in [0.1, 0.15) is 6.61 Å². The van der Waals surface area contributed by atoms with Gasteiger partial charge in [-0.1, -0.05) is 36.4 Å². The second-order valence-electron chi connectivity index (χ2n) is 6.25. The van der Waals surface area contributed by atoms with Crippen molar-refractivity contribution >= 4 is 16.7 Å². The van der Waals surface area contributed by atoms with Crippen LogP contribution in [0.3, 0.4) is 0 Å². The Morgan fingerprint density at radius 2 is 1.88 bits per heavy atom. The highest BCUT2D eigenvalue weighted by Gasteiger charge is 2.29. The molecule has 4 rings (SSSR count). The zero-order valence-electron chi connectivity index (χ0n) is 14.2. The van der Waals surface area contributed by atoms with Crippen LogP contribution >= 0.6 is 0 Å². The molecule has 0 fully saturated rings. The molecular weight excluding hydrogens is 334 g/mol. The Bertz CT molecular complexity index is 1070. The first-order valence-electron chi connectivity index (χ1n) is 8.24. The van der Waals surface area contributed by atoms with Gasteiger partial charge in [-0.25, -0.2) is 0 Å². The normalized spacial score (nSPS) is 13.7. The summed E-state index contributed by atoms with van der Waals surface area (Å²) < 4.78 is 6.88. The zero-order valence-corrected chi connectivity index (χ0v) is 14.2. The van der Waals surface area contributed by atoms with Crippen molar-refractivity contribution < 1.29 is 14.6 Å². The third kappa shape index (κ3) is 2.67. The van der Waals surface area contributed by atoms with Gasteiger partial charge in [-0.3, -0.25) is 14.3 Å². The minimum atomic E-state index is -0.777. The number of nitrogens with zero attached hydrogens (tertiary/aromatic N) is 3. The average molecular weight is 351 g/mol. The molecule has 1 N–H and O–H groups in total. The Morgan fingerprint density at radius 1 is 1.12 bits per heavy atom. The molecule has 132 valence electrons. The minimum Gasteiger partial charge on any atom is -0.502 e. The quantitative estimate of drug-likeness (QED) is 0.777. The predicted octanol–water partition coefficient (Wildman–Crippen LogP) is 1.77. The minimum absolute atomic E-state index is 0.0956. The second kappa shape index (κ2) is 6.18. The molecule has 0 radical (unpaired) electrons. The summed E-state index contributed by atoms with van der Waals surface area (Å²) in [6, 6.07) is 13.8. The number of aromatic hydroxyl groups is 1. The molecule has 0 aliphatic carbocycles. The summed E-state index contributed by atoms with van der Waals surface area (Å²) in [5, 5.41) is 16.4. The summed E-state index contributed by atoms with van der Waals surface area (Å²) in [6.07, 6.45) is 0. The molecule has 0 spiro atoms. The van der Waals surface area contributed by atoms with E-state index in [4.69, 9.17) is 4.74 Å². The van der Waals surface area contributed by atoms with Crippen molar-refractivity contribution in [1.82, 2.24) is 14.7 Å². The highest BCUT2D eigenvalue weighted by molar-refractivity contribution is 5.95. The lowest BCUT2D eigenvalue weighted by Crippen LogP contribution is -2.40. The van der Waals surface area contributed by atoms with Crippen LogP contribution in [0, 0.1) is 0 Å². The van der Waals surface area contributed by atoms with E-state index in [1.807, 2.05) is 42.5 Å². The maximum absolute atomic E-state index is 12.3. The van der Waals surface area contributed by atoms with E-state index < -0.39 is 17.1 Å². The second-order valence-corrected chi connectivity index (χ2v) is 6.25. The molecular formula is C19H17N3O4. The third-order valence-corrected chi connectivity index (χ3v) is 4.49. The number of ether oxygens (including phenoxy) is 1. The molecule has 0 saturated carbocycles. The highest BCUT2D eigenvalue weighted by Crippen LogP contribution is 2.21. The molecule has 7 nitrogen and oxygen atoms in total. The van der Waals surface area contributed by atoms with E-state index in [9.17, 15) is 14.7 Å². The molecule has 1 aromatic heterocycles. The first-order chi connectivity index (χ1) is 12.5. The fourth-order valence-corrected chi connectivity index (χ4v) is 3.01. The Labute approximate surface area is 149 Å². The lowest BCUT2D eigenvalue weighted by Gasteiger charge is -2.26. The maximum Gasteiger partial charge on any atom is 0.285 e. The third-order valence-electron chi connectivity index (χ3n) is 4.49. The first kappa shape index (κ1) is 16.1. The van der Waals surface area contributed by atoms with E-state index in [0.29, 0.717) is 13.1 Å². The number of hydrogen-bond acceptors (Lipinski definition) is 5. The Kier molecular flexibility index (Phi) is 3.84. The largest absolute Gasteiger partial charge is 0.502 e. The first-order valence-corrected chi connectivity index (χ1v) is 8.24. The average Bonchev–Trinajstić information content (AvgIpc) is 2.66. The molecule has 2 aromatic carbocycles. The van der Waals surface area contributed by atoms with Crippen molar-refractivity contribution in [2.75, 3.05) is 13.6 Å². The van der Waals surface area contributed by atoms with Gasteiger partial charge in [0.2, 0.25) is 5.75 Å². The number of rotatable bonds is 3. The number of aromatic nitrogens is 2. The lowest BCUT2D eigenvalue weighted by atomic mass is 10.1. The number of hydrogen-bond donors (Lipinski definition) is 1. The van der Waals surface area contributed by atoms with Crippen molar-refractivity contribution in [3.63, 3.8) is 0 Å². The van der Waals surface area contributed by atoms with Gasteiger partial charge in [0.15, 0.2) is 5.69 Å². The molecule has 1 amide bonds. The van der Waals surface area contributed by atoms with E-state index in [1.54, 1.807) is 7.05 Å². The van der Waals surface area contributed by atoms with Crippen LogP contribution in [0.4, 0.5) is 0 Å². The SMILES string of the molecule is CN1CCn2nc(OCc3ccc4ccccc4c3)c(=O)c(O)c2C1=O. The molecule has 0 saturated heterocycles. The van der Waals surface area contributed by atoms with Crippen molar-refractivity contribution in [3.8, 4) is 11.6 Å². The van der Waals surface area contributed by atoms with Crippen LogP contribution in [0.1, 0.15) is 16.1 Å². The summed E-state index contributed by atoms with van der Waals surface area (Å²) in [7, 11) is 1.61. The monoisotopic (exact) mass is 351 g/mol. The van der Waals surface area contributed by atoms with E-state index in [1.165, 1.54) is 9.58 Å². The summed E-state index contributed by atoms with van der Waals surface area (Å²) in [5.74, 6) is -1.26. The van der Waals surface area contributed by atoms with E-state index in [0.717, 1.165) is 16.3 Å². The van der Waals surface area contributed by atoms with Crippen LogP contribution in [0.15, 0.2) is 47.3 Å². The molecule has 1 aliphatic heterocycles. The van der Waals surface area contributed by atoms with E-state index >= 15 is 0 Å². The standard InChI is InChI=1S/C19H17N3O4/c1-21-8-9-22-15(19(21)25)16(23)17(24)18(20-22)26-11-12-6-7-13-4-2-3-5-14(13)10-12/h2-7,10,23H,8-9,11H2,1H3. The van der Waals surface area contributed by atoms with Crippen molar-refractivity contribution in [1.29, 1.82) is 0 Å². The number of likely N-dealkylation sites (N-methyl/N-ethyl adjacent to an activating group) is 1. The number of benzene rings is 2.